The van der Waals surface area contributed by atoms with Crippen molar-refractivity contribution in [1.29, 1.82) is 0 Å². The number of methoxy groups -OCH3 is 4. The number of hydrogen-bond acceptors (Lipinski definition) is 16. The van der Waals surface area contributed by atoms with E-state index in [9.17, 15) is 5.11 Å². The van der Waals surface area contributed by atoms with Crippen LogP contribution >= 0.6 is 0 Å². The zero-order valence-electron chi connectivity index (χ0n) is 30.7. The molecule has 5 rings (SSSR count). The number of aliphatic hydroxyl groups excluding tert-OH is 1. The molecule has 52 heavy (non-hydrogen) atoms. The quantitative estimate of drug-likeness (QED) is 0.0878. The summed E-state index contributed by atoms with van der Waals surface area (Å²) in [5.41, 5.74) is 14.0. The summed E-state index contributed by atoms with van der Waals surface area (Å²) in [5, 5.41) is 16.5. The molecule has 0 spiro atoms. The molecule has 0 saturated heterocycles. The molecule has 0 radical (unpaired) electrons. The molecule has 0 amide bonds. The van der Waals surface area contributed by atoms with Crippen LogP contribution in [0.15, 0.2) is 36.7 Å². The molecule has 2 heterocycles. The molecule has 1 aliphatic carbocycles. The largest absolute Gasteiger partial charge is 0.493 e. The van der Waals surface area contributed by atoms with Crippen molar-refractivity contribution in [3.63, 3.8) is 0 Å². The van der Waals surface area contributed by atoms with Crippen LogP contribution in [-0.2, 0) is 4.74 Å². The van der Waals surface area contributed by atoms with Gasteiger partial charge in [0.25, 0.3) is 0 Å². The SMILES string of the molecule is COc1cc(Oc2cnc(NCC(CO)OC3CC3Nc3nc(N)ncc3Oc3cc(OC)c(OC)cc3C(C)C)nc2N)c(C(C)C)cc1OC. The van der Waals surface area contributed by atoms with Gasteiger partial charge in [-0.15, -0.1) is 0 Å². The molecule has 3 unspecified atom stereocenters. The Balaban J connectivity index is 1.20. The Morgan fingerprint density at radius 2 is 1.27 bits per heavy atom. The highest BCUT2D eigenvalue weighted by Crippen LogP contribution is 2.43. The van der Waals surface area contributed by atoms with E-state index in [2.05, 4.69) is 44.4 Å². The van der Waals surface area contributed by atoms with E-state index >= 15 is 0 Å². The van der Waals surface area contributed by atoms with Crippen molar-refractivity contribution >= 4 is 23.5 Å². The zero-order valence-corrected chi connectivity index (χ0v) is 30.7. The number of anilines is 4. The molecule has 3 atom stereocenters. The number of nitrogen functional groups attached to an aromatic ring is 2. The summed E-state index contributed by atoms with van der Waals surface area (Å²) in [4.78, 5) is 17.2. The van der Waals surface area contributed by atoms with Crippen LogP contribution in [0, 0.1) is 0 Å². The fraction of sp³-hybridized carbons (Fsp3) is 0.444. The molecule has 4 aromatic rings. The Morgan fingerprint density at radius 1 is 0.731 bits per heavy atom. The Labute approximate surface area is 303 Å². The molecular formula is C36H48N8O8. The molecule has 1 fully saturated rings. The Morgan fingerprint density at radius 3 is 1.79 bits per heavy atom. The number of aromatic nitrogens is 4. The van der Waals surface area contributed by atoms with E-state index in [0.29, 0.717) is 52.5 Å². The third-order valence-electron chi connectivity index (χ3n) is 8.39. The lowest BCUT2D eigenvalue weighted by Crippen LogP contribution is -2.29. The lowest BCUT2D eigenvalue weighted by atomic mass is 10.0. The second-order valence-corrected chi connectivity index (χ2v) is 12.7. The van der Waals surface area contributed by atoms with Crippen LogP contribution in [0.2, 0.25) is 0 Å². The fourth-order valence-electron chi connectivity index (χ4n) is 5.44. The Kier molecular flexibility index (Phi) is 12.1. The van der Waals surface area contributed by atoms with E-state index in [1.807, 2.05) is 26.0 Å². The van der Waals surface area contributed by atoms with E-state index < -0.39 is 6.10 Å². The summed E-state index contributed by atoms with van der Waals surface area (Å²) < 4.78 is 40.5. The predicted molar refractivity (Wildman–Crippen MR) is 197 cm³/mol. The first-order valence-electron chi connectivity index (χ1n) is 16.9. The monoisotopic (exact) mass is 720 g/mol. The number of aliphatic hydroxyl groups is 1. The Hall–Kier alpha value is -5.48. The van der Waals surface area contributed by atoms with Crippen molar-refractivity contribution in [2.75, 3.05) is 63.7 Å². The minimum Gasteiger partial charge on any atom is -0.493 e. The lowest BCUT2D eigenvalue weighted by Gasteiger charge is -2.19. The van der Waals surface area contributed by atoms with Crippen LogP contribution in [0.25, 0.3) is 0 Å². The second kappa shape index (κ2) is 16.7. The molecular weight excluding hydrogens is 672 g/mol. The first-order chi connectivity index (χ1) is 25.0. The van der Waals surface area contributed by atoms with E-state index in [-0.39, 0.29) is 60.6 Å². The summed E-state index contributed by atoms with van der Waals surface area (Å²) in [6.45, 7) is 8.18. The van der Waals surface area contributed by atoms with E-state index in [1.54, 1.807) is 40.6 Å². The number of nitrogens with one attached hydrogen (secondary N) is 2. The summed E-state index contributed by atoms with van der Waals surface area (Å²) in [6.07, 6.45) is 2.89. The molecule has 1 aliphatic rings. The number of benzene rings is 2. The highest BCUT2D eigenvalue weighted by Gasteiger charge is 2.41. The van der Waals surface area contributed by atoms with E-state index in [4.69, 9.17) is 44.6 Å². The summed E-state index contributed by atoms with van der Waals surface area (Å²) in [6, 6.07) is 7.17. The molecule has 1 saturated carbocycles. The molecule has 2 aromatic heterocycles. The van der Waals surface area contributed by atoms with Crippen LogP contribution in [-0.4, -0.2) is 84.9 Å². The lowest BCUT2D eigenvalue weighted by molar-refractivity contribution is 0.00918. The maximum atomic E-state index is 10.1. The van der Waals surface area contributed by atoms with Gasteiger partial charge in [0.15, 0.2) is 46.1 Å². The second-order valence-electron chi connectivity index (χ2n) is 12.7. The van der Waals surface area contributed by atoms with Crippen LogP contribution in [0.3, 0.4) is 0 Å². The molecule has 280 valence electrons. The molecule has 0 aliphatic heterocycles. The number of rotatable bonds is 18. The van der Waals surface area contributed by atoms with Crippen molar-refractivity contribution in [2.24, 2.45) is 0 Å². The van der Waals surface area contributed by atoms with Crippen molar-refractivity contribution in [3.05, 3.63) is 47.8 Å². The zero-order chi connectivity index (χ0) is 37.5. The highest BCUT2D eigenvalue weighted by atomic mass is 16.5. The van der Waals surface area contributed by atoms with Crippen LogP contribution in [0.5, 0.6) is 46.0 Å². The first-order valence-corrected chi connectivity index (χ1v) is 16.9. The van der Waals surface area contributed by atoms with Crippen molar-refractivity contribution in [2.45, 2.75) is 64.2 Å². The maximum absolute atomic E-state index is 10.1. The fourth-order valence-corrected chi connectivity index (χ4v) is 5.44. The van der Waals surface area contributed by atoms with Crippen molar-refractivity contribution < 1.29 is 38.3 Å². The third kappa shape index (κ3) is 8.87. The van der Waals surface area contributed by atoms with Crippen molar-refractivity contribution in [1.82, 2.24) is 19.9 Å². The summed E-state index contributed by atoms with van der Waals surface area (Å²) >= 11 is 0. The highest BCUT2D eigenvalue weighted by molar-refractivity contribution is 5.58. The summed E-state index contributed by atoms with van der Waals surface area (Å²) in [7, 11) is 6.30. The normalized spacial score (nSPS) is 15.6. The Bertz CT molecular complexity index is 1840. The van der Waals surface area contributed by atoms with Gasteiger partial charge in [-0.05, 0) is 30.4 Å². The maximum Gasteiger partial charge on any atom is 0.224 e. The van der Waals surface area contributed by atoms with Gasteiger partial charge < -0.3 is 60.4 Å². The van der Waals surface area contributed by atoms with Crippen molar-refractivity contribution in [3.8, 4) is 46.0 Å². The topological polar surface area (TPSA) is 212 Å². The van der Waals surface area contributed by atoms with E-state index in [0.717, 1.165) is 11.1 Å². The van der Waals surface area contributed by atoms with Crippen LogP contribution in [0.4, 0.5) is 23.5 Å². The minimum absolute atomic E-state index is 0.0848. The molecule has 2 aromatic carbocycles. The molecule has 7 N–H and O–H groups in total. The van der Waals surface area contributed by atoms with E-state index in [1.165, 1.54) is 12.4 Å². The smallest absolute Gasteiger partial charge is 0.224 e. The molecule has 0 bridgehead atoms. The van der Waals surface area contributed by atoms with Crippen LogP contribution < -0.4 is 50.5 Å². The van der Waals surface area contributed by atoms with Gasteiger partial charge in [0, 0.05) is 29.8 Å². The molecule has 16 heteroatoms. The van der Waals surface area contributed by atoms with Gasteiger partial charge in [-0.25, -0.2) is 9.97 Å². The van der Waals surface area contributed by atoms with Gasteiger partial charge in [-0.3, -0.25) is 0 Å². The number of ether oxygens (including phenoxy) is 7. The standard InChI is InChI=1S/C36H48N8O8/c1-18(2)21-9-27(46-5)29(48-7)12-24(21)51-31-15-41-36(43-33(31)37)40-14-20(17-45)50-26-11-23(26)42-34-32(16-39-35(38)44-34)52-25-13-30(49-8)28(47-6)10-22(25)19(3)4/h9-10,12-13,15-16,18-20,23,26,45H,11,14,17H2,1-8H3,(H3,37,40,41,43)(H3,38,39,42,44). The van der Waals surface area contributed by atoms with Gasteiger partial charge in [-0.1, -0.05) is 27.7 Å². The number of hydrogen-bond donors (Lipinski definition) is 5. The summed E-state index contributed by atoms with van der Waals surface area (Å²) in [5.74, 6) is 5.16. The average molecular weight is 721 g/mol. The third-order valence-corrected chi connectivity index (χ3v) is 8.39. The first kappa shape index (κ1) is 37.8. The van der Waals surface area contributed by atoms with Gasteiger partial charge in [0.2, 0.25) is 11.9 Å². The predicted octanol–water partition coefficient (Wildman–Crippen LogP) is 5.34. The number of nitrogens with zero attached hydrogens (tertiary/aromatic N) is 4. The van der Waals surface area contributed by atoms with Gasteiger partial charge in [-0.2, -0.15) is 9.97 Å². The average Bonchev–Trinajstić information content (AvgIpc) is 3.87. The van der Waals surface area contributed by atoms with Gasteiger partial charge >= 0.3 is 0 Å². The van der Waals surface area contributed by atoms with Crippen LogP contribution in [0.1, 0.15) is 57.1 Å². The minimum atomic E-state index is -0.565. The molecule has 16 nitrogen and oxygen atoms in total. The number of nitrogens with two attached hydrogens (primary N) is 2. The van der Waals surface area contributed by atoms with Gasteiger partial charge in [0.1, 0.15) is 11.5 Å². The van der Waals surface area contributed by atoms with Gasteiger partial charge in [0.05, 0.1) is 65.7 Å².